The highest BCUT2D eigenvalue weighted by Crippen LogP contribution is 2.28. The summed E-state index contributed by atoms with van der Waals surface area (Å²) in [5.74, 6) is 0.389. The van der Waals surface area contributed by atoms with Gasteiger partial charge >= 0.3 is 0 Å². The van der Waals surface area contributed by atoms with Gasteiger partial charge in [0.15, 0.2) is 0 Å². The summed E-state index contributed by atoms with van der Waals surface area (Å²) in [4.78, 5) is 0. The SMILES string of the molecule is C=C(C)CCc1c(O)ccc2ccccc12. The minimum atomic E-state index is 0.389. The Hall–Kier alpha value is -1.76. The molecule has 1 N–H and O–H groups in total. The first-order valence-corrected chi connectivity index (χ1v) is 5.52. The van der Waals surface area contributed by atoms with Crippen molar-refractivity contribution in [1.82, 2.24) is 0 Å². The molecular weight excluding hydrogens is 196 g/mol. The smallest absolute Gasteiger partial charge is 0.119 e. The van der Waals surface area contributed by atoms with Crippen molar-refractivity contribution in [1.29, 1.82) is 0 Å². The van der Waals surface area contributed by atoms with Gasteiger partial charge in [0.2, 0.25) is 0 Å². The van der Waals surface area contributed by atoms with E-state index in [1.165, 1.54) is 5.39 Å². The number of hydrogen-bond donors (Lipinski definition) is 1. The summed E-state index contributed by atoms with van der Waals surface area (Å²) in [5, 5.41) is 12.2. The Morgan fingerprint density at radius 2 is 1.94 bits per heavy atom. The number of allylic oxidation sites excluding steroid dienone is 1. The molecule has 2 rings (SSSR count). The minimum absolute atomic E-state index is 0.389. The van der Waals surface area contributed by atoms with Crippen LogP contribution in [0.15, 0.2) is 48.6 Å². The molecule has 2 aromatic rings. The highest BCUT2D eigenvalue weighted by molar-refractivity contribution is 5.87. The van der Waals surface area contributed by atoms with Crippen LogP contribution in [-0.2, 0) is 6.42 Å². The molecule has 0 unspecified atom stereocenters. The summed E-state index contributed by atoms with van der Waals surface area (Å²) >= 11 is 0. The number of benzene rings is 2. The Balaban J connectivity index is 2.48. The maximum atomic E-state index is 9.89. The van der Waals surface area contributed by atoms with E-state index in [1.54, 1.807) is 6.07 Å². The molecule has 1 nitrogen and oxygen atoms in total. The molecule has 0 aliphatic rings. The summed E-state index contributed by atoms with van der Waals surface area (Å²) in [5.41, 5.74) is 2.17. The lowest BCUT2D eigenvalue weighted by Crippen LogP contribution is -1.89. The van der Waals surface area contributed by atoms with Crippen molar-refractivity contribution in [2.24, 2.45) is 0 Å². The lowest BCUT2D eigenvalue weighted by molar-refractivity contribution is 0.469. The molecule has 0 saturated carbocycles. The van der Waals surface area contributed by atoms with Gasteiger partial charge < -0.3 is 5.11 Å². The Morgan fingerprint density at radius 3 is 2.69 bits per heavy atom. The highest BCUT2D eigenvalue weighted by Gasteiger charge is 2.06. The summed E-state index contributed by atoms with van der Waals surface area (Å²) in [7, 11) is 0. The van der Waals surface area contributed by atoms with Crippen LogP contribution in [0.25, 0.3) is 10.8 Å². The van der Waals surface area contributed by atoms with Gasteiger partial charge in [-0.15, -0.1) is 6.58 Å². The zero-order chi connectivity index (χ0) is 11.5. The molecule has 0 amide bonds. The van der Waals surface area contributed by atoms with Crippen molar-refractivity contribution in [2.45, 2.75) is 19.8 Å². The Bertz CT molecular complexity index is 526. The van der Waals surface area contributed by atoms with Crippen molar-refractivity contribution >= 4 is 10.8 Å². The number of phenolic OH excluding ortho intramolecular Hbond substituents is 1. The topological polar surface area (TPSA) is 20.2 Å². The third-order valence-corrected chi connectivity index (χ3v) is 2.82. The number of phenols is 1. The zero-order valence-electron chi connectivity index (χ0n) is 9.53. The normalized spacial score (nSPS) is 10.6. The van der Waals surface area contributed by atoms with E-state index in [-0.39, 0.29) is 0 Å². The van der Waals surface area contributed by atoms with Gasteiger partial charge in [0.1, 0.15) is 5.75 Å². The number of hydrogen-bond acceptors (Lipinski definition) is 1. The summed E-state index contributed by atoms with van der Waals surface area (Å²) in [6.45, 7) is 5.91. The van der Waals surface area contributed by atoms with Crippen molar-refractivity contribution in [2.75, 3.05) is 0 Å². The standard InChI is InChI=1S/C15H16O/c1-11(2)7-9-14-13-6-4-3-5-12(13)8-10-15(14)16/h3-6,8,10,16H,1,7,9H2,2H3. The minimum Gasteiger partial charge on any atom is -0.508 e. The number of rotatable bonds is 3. The molecule has 0 atom stereocenters. The van der Waals surface area contributed by atoms with E-state index in [0.717, 1.165) is 29.4 Å². The molecule has 0 saturated heterocycles. The molecule has 0 fully saturated rings. The molecule has 0 spiro atoms. The van der Waals surface area contributed by atoms with Crippen molar-refractivity contribution < 1.29 is 5.11 Å². The fraction of sp³-hybridized carbons (Fsp3) is 0.200. The molecule has 16 heavy (non-hydrogen) atoms. The zero-order valence-corrected chi connectivity index (χ0v) is 9.53. The van der Waals surface area contributed by atoms with Crippen LogP contribution in [0.5, 0.6) is 5.75 Å². The fourth-order valence-electron chi connectivity index (χ4n) is 1.93. The van der Waals surface area contributed by atoms with E-state index < -0.39 is 0 Å². The van der Waals surface area contributed by atoms with Gasteiger partial charge in [0, 0.05) is 5.56 Å². The molecule has 1 heteroatoms. The van der Waals surface area contributed by atoms with Gasteiger partial charge in [-0.3, -0.25) is 0 Å². The van der Waals surface area contributed by atoms with Gasteiger partial charge in [-0.1, -0.05) is 35.9 Å². The molecule has 2 aromatic carbocycles. The average molecular weight is 212 g/mol. The van der Waals surface area contributed by atoms with Gasteiger partial charge in [0.05, 0.1) is 0 Å². The van der Waals surface area contributed by atoms with E-state index in [9.17, 15) is 5.11 Å². The van der Waals surface area contributed by atoms with Crippen LogP contribution >= 0.6 is 0 Å². The van der Waals surface area contributed by atoms with Crippen LogP contribution < -0.4 is 0 Å². The molecule has 0 aliphatic carbocycles. The van der Waals surface area contributed by atoms with Gasteiger partial charge in [-0.25, -0.2) is 0 Å². The van der Waals surface area contributed by atoms with E-state index in [4.69, 9.17) is 0 Å². The molecule has 0 heterocycles. The predicted molar refractivity (Wildman–Crippen MR) is 68.7 cm³/mol. The van der Waals surface area contributed by atoms with Gasteiger partial charge in [-0.2, -0.15) is 0 Å². The van der Waals surface area contributed by atoms with Crippen LogP contribution in [0.3, 0.4) is 0 Å². The van der Waals surface area contributed by atoms with Crippen molar-refractivity contribution in [3.8, 4) is 5.75 Å². The molecule has 0 bridgehead atoms. The van der Waals surface area contributed by atoms with E-state index in [1.807, 2.05) is 25.1 Å². The monoisotopic (exact) mass is 212 g/mol. The van der Waals surface area contributed by atoms with Gasteiger partial charge in [0.25, 0.3) is 0 Å². The third-order valence-electron chi connectivity index (χ3n) is 2.82. The van der Waals surface area contributed by atoms with E-state index in [2.05, 4.69) is 18.7 Å². The molecular formula is C15H16O. The highest BCUT2D eigenvalue weighted by atomic mass is 16.3. The van der Waals surface area contributed by atoms with Crippen LogP contribution in [0, 0.1) is 0 Å². The van der Waals surface area contributed by atoms with Crippen molar-refractivity contribution in [3.63, 3.8) is 0 Å². The number of aromatic hydroxyl groups is 1. The van der Waals surface area contributed by atoms with Gasteiger partial charge in [-0.05, 0) is 36.6 Å². The average Bonchev–Trinajstić information content (AvgIpc) is 2.27. The van der Waals surface area contributed by atoms with E-state index >= 15 is 0 Å². The van der Waals surface area contributed by atoms with Crippen LogP contribution in [0.1, 0.15) is 18.9 Å². The first-order valence-electron chi connectivity index (χ1n) is 5.52. The number of fused-ring (bicyclic) bond motifs is 1. The maximum Gasteiger partial charge on any atom is 0.119 e. The Kier molecular flexibility index (Phi) is 2.95. The predicted octanol–water partition coefficient (Wildman–Crippen LogP) is 4.05. The second kappa shape index (κ2) is 4.40. The maximum absolute atomic E-state index is 9.89. The first-order chi connectivity index (χ1) is 7.68. The lowest BCUT2D eigenvalue weighted by Gasteiger charge is -2.08. The summed E-state index contributed by atoms with van der Waals surface area (Å²) in [6, 6.07) is 11.9. The first kappa shape index (κ1) is 10.7. The van der Waals surface area contributed by atoms with Crippen LogP contribution in [0.4, 0.5) is 0 Å². The van der Waals surface area contributed by atoms with Crippen molar-refractivity contribution in [3.05, 3.63) is 54.1 Å². The van der Waals surface area contributed by atoms with Crippen LogP contribution in [0.2, 0.25) is 0 Å². The van der Waals surface area contributed by atoms with E-state index in [0.29, 0.717) is 5.75 Å². The Morgan fingerprint density at radius 1 is 1.19 bits per heavy atom. The molecule has 0 aromatic heterocycles. The summed E-state index contributed by atoms with van der Waals surface area (Å²) in [6.07, 6.45) is 1.77. The lowest BCUT2D eigenvalue weighted by atomic mass is 9.98. The second-order valence-corrected chi connectivity index (χ2v) is 4.24. The second-order valence-electron chi connectivity index (χ2n) is 4.24. The molecule has 0 aliphatic heterocycles. The fourth-order valence-corrected chi connectivity index (χ4v) is 1.93. The molecule has 0 radical (unpaired) electrons. The van der Waals surface area contributed by atoms with Crippen LogP contribution in [-0.4, -0.2) is 5.11 Å². The third kappa shape index (κ3) is 2.08. The summed E-state index contributed by atoms with van der Waals surface area (Å²) < 4.78 is 0. The quantitative estimate of drug-likeness (QED) is 0.761. The molecule has 82 valence electrons. The largest absolute Gasteiger partial charge is 0.508 e. The number of aryl methyl sites for hydroxylation is 1. The Labute approximate surface area is 96.0 Å².